The van der Waals surface area contributed by atoms with E-state index in [9.17, 15) is 0 Å². The Morgan fingerprint density at radius 2 is 1.82 bits per heavy atom. The summed E-state index contributed by atoms with van der Waals surface area (Å²) in [5.41, 5.74) is 2.30. The van der Waals surface area contributed by atoms with Gasteiger partial charge in [-0.25, -0.2) is 0 Å². The number of hydrogen-bond donors (Lipinski definition) is 0. The summed E-state index contributed by atoms with van der Waals surface area (Å²) in [5, 5.41) is 0. The van der Waals surface area contributed by atoms with Crippen molar-refractivity contribution in [1.29, 1.82) is 0 Å². The first-order valence-electron chi connectivity index (χ1n) is 5.65. The quantitative estimate of drug-likeness (QED) is 0.525. The highest BCUT2D eigenvalue weighted by Crippen LogP contribution is 2.07. The van der Waals surface area contributed by atoms with E-state index in [4.69, 9.17) is 13.6 Å². The number of hydrogen-bond acceptors (Lipinski definition) is 3. The first-order valence-corrected chi connectivity index (χ1v) is 7.40. The lowest BCUT2D eigenvalue weighted by Crippen LogP contribution is -2.20. The molecule has 0 radical (unpaired) electrons. The molecular weight excluding hydrogens is 232 g/mol. The van der Waals surface area contributed by atoms with E-state index in [1.807, 2.05) is 18.2 Å². The molecule has 1 aromatic carbocycles. The zero-order valence-electron chi connectivity index (χ0n) is 10.5. The number of ether oxygens (including phenoxy) is 1. The van der Waals surface area contributed by atoms with Gasteiger partial charge in [-0.2, -0.15) is 0 Å². The molecule has 0 bridgehead atoms. The lowest BCUT2D eigenvalue weighted by atomic mass is 10.1. The average molecular weight is 252 g/mol. The highest BCUT2D eigenvalue weighted by atomic mass is 28.3. The second kappa shape index (κ2) is 8.19. The minimum Gasteiger partial charge on any atom is -0.400 e. The molecule has 1 aromatic rings. The minimum absolute atomic E-state index is 0.631. The van der Waals surface area contributed by atoms with Gasteiger partial charge < -0.3 is 13.6 Å². The summed E-state index contributed by atoms with van der Waals surface area (Å²) in [6, 6.07) is 9.05. The van der Waals surface area contributed by atoms with Crippen molar-refractivity contribution in [2.75, 3.05) is 20.8 Å². The van der Waals surface area contributed by atoms with Gasteiger partial charge in [-0.05, 0) is 11.1 Å². The molecule has 0 unspecified atom stereocenters. The van der Waals surface area contributed by atoms with Crippen molar-refractivity contribution >= 4 is 15.4 Å². The summed E-state index contributed by atoms with van der Waals surface area (Å²) in [4.78, 5) is 0. The molecule has 0 aromatic heterocycles. The fraction of sp³-hybridized carbons (Fsp3) is 0.385. The van der Waals surface area contributed by atoms with Crippen LogP contribution in [-0.2, 0) is 20.2 Å². The summed E-state index contributed by atoms with van der Waals surface area (Å²) >= 11 is 0. The van der Waals surface area contributed by atoms with Gasteiger partial charge in [0.05, 0.1) is 6.61 Å². The fourth-order valence-electron chi connectivity index (χ4n) is 1.45. The van der Waals surface area contributed by atoms with Gasteiger partial charge in [-0.1, -0.05) is 36.9 Å². The van der Waals surface area contributed by atoms with Crippen LogP contribution in [-0.4, -0.2) is 30.1 Å². The fourth-order valence-corrected chi connectivity index (χ4v) is 2.47. The number of rotatable bonds is 8. The molecule has 1 rings (SSSR count). The van der Waals surface area contributed by atoms with Crippen LogP contribution in [0, 0.1) is 0 Å². The first kappa shape index (κ1) is 14.1. The van der Waals surface area contributed by atoms with E-state index in [2.05, 4.69) is 18.7 Å². The van der Waals surface area contributed by atoms with Gasteiger partial charge in [0.25, 0.3) is 0 Å². The molecule has 0 fully saturated rings. The van der Waals surface area contributed by atoms with Crippen LogP contribution in [0.4, 0.5) is 0 Å². The van der Waals surface area contributed by atoms with Crippen molar-refractivity contribution in [3.8, 4) is 0 Å². The van der Waals surface area contributed by atoms with Gasteiger partial charge in [-0.3, -0.25) is 0 Å². The normalized spacial score (nSPS) is 10.8. The molecular formula is C13H20O3Si. The Labute approximate surface area is 105 Å². The molecule has 3 nitrogen and oxygen atoms in total. The van der Waals surface area contributed by atoms with E-state index in [1.54, 1.807) is 14.2 Å². The van der Waals surface area contributed by atoms with E-state index in [1.165, 1.54) is 5.56 Å². The minimum atomic E-state index is -1.47. The summed E-state index contributed by atoms with van der Waals surface area (Å²) < 4.78 is 16.0. The smallest absolute Gasteiger partial charge is 0.323 e. The Kier molecular flexibility index (Phi) is 6.80. The zero-order chi connectivity index (χ0) is 12.5. The molecule has 0 saturated carbocycles. The molecule has 0 saturated heterocycles. The maximum Gasteiger partial charge on any atom is 0.323 e. The maximum atomic E-state index is 5.58. The lowest BCUT2D eigenvalue weighted by molar-refractivity contribution is 0.126. The van der Waals surface area contributed by atoms with Crippen molar-refractivity contribution in [3.63, 3.8) is 0 Å². The van der Waals surface area contributed by atoms with Crippen molar-refractivity contribution in [3.05, 3.63) is 42.0 Å². The Bertz CT molecular complexity index is 320. The Balaban J connectivity index is 2.23. The van der Waals surface area contributed by atoms with E-state index in [0.717, 1.165) is 11.6 Å². The topological polar surface area (TPSA) is 27.7 Å². The van der Waals surface area contributed by atoms with Crippen LogP contribution in [0.5, 0.6) is 0 Å². The highest BCUT2D eigenvalue weighted by molar-refractivity contribution is 6.44. The van der Waals surface area contributed by atoms with Crippen LogP contribution in [0.1, 0.15) is 11.1 Å². The largest absolute Gasteiger partial charge is 0.400 e. The van der Waals surface area contributed by atoms with Gasteiger partial charge in [0.2, 0.25) is 0 Å². The van der Waals surface area contributed by atoms with Crippen LogP contribution in [0.2, 0.25) is 6.04 Å². The Morgan fingerprint density at radius 1 is 1.18 bits per heavy atom. The van der Waals surface area contributed by atoms with E-state index >= 15 is 0 Å². The van der Waals surface area contributed by atoms with Crippen molar-refractivity contribution in [1.82, 2.24) is 0 Å². The van der Waals surface area contributed by atoms with Crippen LogP contribution in [0.25, 0.3) is 6.08 Å². The van der Waals surface area contributed by atoms with Crippen LogP contribution in [0.15, 0.2) is 30.8 Å². The lowest BCUT2D eigenvalue weighted by Gasteiger charge is -2.10. The van der Waals surface area contributed by atoms with Crippen LogP contribution in [0.3, 0.4) is 0 Å². The number of benzene rings is 1. The second-order valence-corrected chi connectivity index (χ2v) is 6.07. The molecule has 4 heteroatoms. The summed E-state index contributed by atoms with van der Waals surface area (Å²) in [5.74, 6) is 0. The van der Waals surface area contributed by atoms with Crippen molar-refractivity contribution in [2.24, 2.45) is 0 Å². The van der Waals surface area contributed by atoms with Crippen molar-refractivity contribution < 1.29 is 13.6 Å². The van der Waals surface area contributed by atoms with Gasteiger partial charge in [-0.15, -0.1) is 0 Å². The standard InChI is InChI=1S/C13H20O3Si/c1-4-12-5-7-13(8-6-12)11-16-9-10-17(14-2)15-3/h4-8,17H,1,9-11H2,2-3H3. The molecule has 0 spiro atoms. The van der Waals surface area contributed by atoms with Crippen molar-refractivity contribution in [2.45, 2.75) is 12.7 Å². The third kappa shape index (κ3) is 5.28. The zero-order valence-corrected chi connectivity index (χ0v) is 11.7. The summed E-state index contributed by atoms with van der Waals surface area (Å²) in [7, 11) is 1.91. The molecule has 0 atom stereocenters. The van der Waals surface area contributed by atoms with E-state index in [0.29, 0.717) is 13.2 Å². The van der Waals surface area contributed by atoms with E-state index < -0.39 is 9.28 Å². The highest BCUT2D eigenvalue weighted by Gasteiger charge is 2.08. The SMILES string of the molecule is C=Cc1ccc(COCC[SiH](OC)OC)cc1. The van der Waals surface area contributed by atoms with Gasteiger partial charge >= 0.3 is 9.28 Å². The van der Waals surface area contributed by atoms with Crippen LogP contribution >= 0.6 is 0 Å². The summed E-state index contributed by atoms with van der Waals surface area (Å²) in [6.45, 7) is 5.03. The molecule has 17 heavy (non-hydrogen) atoms. The van der Waals surface area contributed by atoms with Gasteiger partial charge in [0.15, 0.2) is 0 Å². The average Bonchev–Trinajstić information content (AvgIpc) is 2.40. The predicted molar refractivity (Wildman–Crippen MR) is 72.2 cm³/mol. The monoisotopic (exact) mass is 252 g/mol. The Morgan fingerprint density at radius 3 is 2.35 bits per heavy atom. The van der Waals surface area contributed by atoms with E-state index in [-0.39, 0.29) is 0 Å². The van der Waals surface area contributed by atoms with Gasteiger partial charge in [0, 0.05) is 26.9 Å². The Hall–Kier alpha value is -0.943. The molecule has 0 aliphatic rings. The third-order valence-corrected chi connectivity index (χ3v) is 4.27. The van der Waals surface area contributed by atoms with Gasteiger partial charge in [0.1, 0.15) is 0 Å². The first-order chi connectivity index (χ1) is 8.30. The molecule has 0 amide bonds. The molecule has 0 aliphatic heterocycles. The predicted octanol–water partition coefficient (Wildman–Crippen LogP) is 2.36. The summed E-state index contributed by atoms with van der Waals surface area (Å²) in [6.07, 6.45) is 1.83. The molecule has 94 valence electrons. The second-order valence-electron chi connectivity index (χ2n) is 3.69. The van der Waals surface area contributed by atoms with Crippen LogP contribution < -0.4 is 0 Å². The maximum absolute atomic E-state index is 5.58. The third-order valence-electron chi connectivity index (χ3n) is 2.51. The molecule has 0 aliphatic carbocycles. The molecule has 0 heterocycles. The molecule has 0 N–H and O–H groups in total.